The van der Waals surface area contributed by atoms with E-state index < -0.39 is 0 Å². The first kappa shape index (κ1) is 20.7. The van der Waals surface area contributed by atoms with Crippen molar-refractivity contribution in [2.45, 2.75) is 31.3 Å². The summed E-state index contributed by atoms with van der Waals surface area (Å²) in [4.78, 5) is 37.5. The highest BCUT2D eigenvalue weighted by atomic mass is 16.2. The molecule has 32 heavy (non-hydrogen) atoms. The van der Waals surface area contributed by atoms with Crippen molar-refractivity contribution in [1.82, 2.24) is 24.1 Å². The minimum Gasteiger partial charge on any atom is -0.336 e. The number of aromatic nitrogens is 2. The van der Waals surface area contributed by atoms with Crippen molar-refractivity contribution in [2.24, 2.45) is 0 Å². The first-order valence-electron chi connectivity index (χ1n) is 11.3. The van der Waals surface area contributed by atoms with Gasteiger partial charge in [-0.25, -0.2) is 4.98 Å². The van der Waals surface area contributed by atoms with Crippen molar-refractivity contribution in [2.75, 3.05) is 33.7 Å². The van der Waals surface area contributed by atoms with Crippen molar-refractivity contribution in [3.05, 3.63) is 71.8 Å². The maximum atomic E-state index is 13.4. The van der Waals surface area contributed by atoms with Gasteiger partial charge in [0.25, 0.3) is 11.8 Å². The van der Waals surface area contributed by atoms with Crippen LogP contribution in [0.1, 0.15) is 52.0 Å². The summed E-state index contributed by atoms with van der Waals surface area (Å²) in [6.45, 7) is 2.15. The SMILES string of the molecule is CN(C)C1CCN(C(=O)c2nc(C3CCCN3C(=O)c3ccccc3)n3ccccc23)C1. The molecule has 2 aromatic heterocycles. The Morgan fingerprint density at radius 1 is 0.969 bits per heavy atom. The van der Waals surface area contributed by atoms with E-state index in [0.29, 0.717) is 23.8 Å². The molecule has 2 amide bonds. The number of amides is 2. The van der Waals surface area contributed by atoms with Gasteiger partial charge in [0.05, 0.1) is 11.6 Å². The molecular formula is C25H29N5O2. The van der Waals surface area contributed by atoms with Gasteiger partial charge < -0.3 is 19.1 Å². The number of pyridine rings is 1. The van der Waals surface area contributed by atoms with Crippen LogP contribution in [0, 0.1) is 0 Å². The Balaban J connectivity index is 1.49. The monoisotopic (exact) mass is 431 g/mol. The summed E-state index contributed by atoms with van der Waals surface area (Å²) in [5, 5.41) is 0. The van der Waals surface area contributed by atoms with E-state index in [1.807, 2.05) is 68.9 Å². The molecule has 0 radical (unpaired) electrons. The maximum absolute atomic E-state index is 13.4. The van der Waals surface area contributed by atoms with E-state index >= 15 is 0 Å². The van der Waals surface area contributed by atoms with Gasteiger partial charge in [0, 0.05) is 37.4 Å². The third kappa shape index (κ3) is 3.56. The van der Waals surface area contributed by atoms with Gasteiger partial charge in [-0.2, -0.15) is 0 Å². The summed E-state index contributed by atoms with van der Waals surface area (Å²) in [7, 11) is 4.11. The van der Waals surface area contributed by atoms with E-state index in [1.54, 1.807) is 0 Å². The van der Waals surface area contributed by atoms with Crippen LogP contribution in [0.15, 0.2) is 54.7 Å². The Morgan fingerprint density at radius 3 is 2.50 bits per heavy atom. The van der Waals surface area contributed by atoms with Crippen molar-refractivity contribution in [3.63, 3.8) is 0 Å². The normalized spacial score (nSPS) is 21.1. The molecule has 3 aromatic rings. The molecule has 5 rings (SSSR count). The first-order valence-corrected chi connectivity index (χ1v) is 11.3. The van der Waals surface area contributed by atoms with Gasteiger partial charge >= 0.3 is 0 Å². The molecule has 0 N–H and O–H groups in total. The van der Waals surface area contributed by atoms with Crippen LogP contribution >= 0.6 is 0 Å². The minimum absolute atomic E-state index is 0.0158. The molecule has 2 fully saturated rings. The Kier molecular flexibility index (Phi) is 5.43. The van der Waals surface area contributed by atoms with Gasteiger partial charge in [0.2, 0.25) is 0 Å². The number of carbonyl (C=O) groups is 2. The number of fused-ring (bicyclic) bond motifs is 1. The third-order valence-corrected chi connectivity index (χ3v) is 6.79. The summed E-state index contributed by atoms with van der Waals surface area (Å²) >= 11 is 0. The summed E-state index contributed by atoms with van der Waals surface area (Å²) in [5.74, 6) is 0.763. The Hall–Kier alpha value is -3.19. The van der Waals surface area contributed by atoms with Crippen LogP contribution in [0.5, 0.6) is 0 Å². The molecule has 0 aliphatic carbocycles. The molecule has 7 heteroatoms. The molecule has 166 valence electrons. The number of imidazole rings is 1. The Labute approximate surface area is 188 Å². The van der Waals surface area contributed by atoms with Gasteiger partial charge in [-0.1, -0.05) is 24.3 Å². The number of carbonyl (C=O) groups excluding carboxylic acids is 2. The van der Waals surface area contributed by atoms with Crippen molar-refractivity contribution < 1.29 is 9.59 Å². The molecule has 4 heterocycles. The van der Waals surface area contributed by atoms with Crippen LogP contribution in [0.25, 0.3) is 5.52 Å². The van der Waals surface area contributed by atoms with Gasteiger partial charge in [-0.3, -0.25) is 9.59 Å². The van der Waals surface area contributed by atoms with Crippen LogP contribution < -0.4 is 0 Å². The summed E-state index contributed by atoms with van der Waals surface area (Å²) in [5.41, 5.74) is 1.97. The lowest BCUT2D eigenvalue weighted by molar-refractivity contribution is 0.0729. The lowest BCUT2D eigenvalue weighted by Crippen LogP contribution is -2.34. The van der Waals surface area contributed by atoms with Crippen molar-refractivity contribution in [1.29, 1.82) is 0 Å². The second kappa shape index (κ2) is 8.39. The number of likely N-dealkylation sites (tertiary alicyclic amines) is 2. The van der Waals surface area contributed by atoms with E-state index in [4.69, 9.17) is 4.98 Å². The molecule has 1 aromatic carbocycles. The lowest BCUT2D eigenvalue weighted by atomic mass is 10.1. The highest BCUT2D eigenvalue weighted by molar-refractivity contribution is 5.99. The molecule has 2 unspecified atom stereocenters. The highest BCUT2D eigenvalue weighted by Gasteiger charge is 2.36. The second-order valence-corrected chi connectivity index (χ2v) is 8.95. The fourth-order valence-corrected chi connectivity index (χ4v) is 4.98. The van der Waals surface area contributed by atoms with E-state index in [9.17, 15) is 9.59 Å². The lowest BCUT2D eigenvalue weighted by Gasteiger charge is -2.24. The average Bonchev–Trinajstić information content (AvgIpc) is 3.57. The number of hydrogen-bond donors (Lipinski definition) is 0. The number of benzene rings is 1. The molecule has 2 aliphatic rings. The van der Waals surface area contributed by atoms with E-state index in [1.165, 1.54) is 0 Å². The fourth-order valence-electron chi connectivity index (χ4n) is 4.98. The third-order valence-electron chi connectivity index (χ3n) is 6.79. The van der Waals surface area contributed by atoms with Crippen LogP contribution in [-0.4, -0.2) is 75.7 Å². The van der Waals surface area contributed by atoms with Gasteiger partial charge in [-0.15, -0.1) is 0 Å². The predicted octanol–water partition coefficient (Wildman–Crippen LogP) is 3.09. The molecule has 0 bridgehead atoms. The standard InChI is InChI=1S/C25H29N5O2/c1-27(2)19-13-16-28(17-19)25(32)22-20-11-6-7-14-29(20)23(26-22)21-12-8-15-30(21)24(31)18-9-4-3-5-10-18/h3-7,9-11,14,19,21H,8,12-13,15-17H2,1-2H3. The van der Waals surface area contributed by atoms with E-state index in [2.05, 4.69) is 19.0 Å². The molecule has 2 aliphatic heterocycles. The molecule has 7 nitrogen and oxygen atoms in total. The summed E-state index contributed by atoms with van der Waals surface area (Å²) < 4.78 is 1.99. The van der Waals surface area contributed by atoms with Crippen LogP contribution in [-0.2, 0) is 0 Å². The largest absolute Gasteiger partial charge is 0.336 e. The van der Waals surface area contributed by atoms with Gasteiger partial charge in [-0.05, 0) is 57.6 Å². The molecular weight excluding hydrogens is 402 g/mol. The number of likely N-dealkylation sites (N-methyl/N-ethyl adjacent to an activating group) is 1. The molecule has 2 atom stereocenters. The Bertz CT molecular complexity index is 1140. The zero-order valence-corrected chi connectivity index (χ0v) is 18.6. The van der Waals surface area contributed by atoms with Crippen LogP contribution in [0.2, 0.25) is 0 Å². The molecule has 0 saturated carbocycles. The van der Waals surface area contributed by atoms with Gasteiger partial charge in [0.15, 0.2) is 5.69 Å². The van der Waals surface area contributed by atoms with Crippen molar-refractivity contribution >= 4 is 17.3 Å². The smallest absolute Gasteiger partial charge is 0.274 e. The topological polar surface area (TPSA) is 61.2 Å². The zero-order chi connectivity index (χ0) is 22.2. The number of hydrogen-bond acceptors (Lipinski definition) is 4. The van der Waals surface area contributed by atoms with E-state index in [-0.39, 0.29) is 17.9 Å². The fraction of sp³-hybridized carbons (Fsp3) is 0.400. The number of rotatable bonds is 4. The Morgan fingerprint density at radius 2 is 1.75 bits per heavy atom. The van der Waals surface area contributed by atoms with Crippen LogP contribution in [0.4, 0.5) is 0 Å². The highest BCUT2D eigenvalue weighted by Crippen LogP contribution is 2.34. The van der Waals surface area contributed by atoms with E-state index in [0.717, 1.165) is 43.7 Å². The molecule has 0 spiro atoms. The van der Waals surface area contributed by atoms with Crippen molar-refractivity contribution in [3.8, 4) is 0 Å². The maximum Gasteiger partial charge on any atom is 0.274 e. The average molecular weight is 432 g/mol. The summed E-state index contributed by atoms with van der Waals surface area (Å²) in [6, 6.07) is 15.4. The number of nitrogens with zero attached hydrogens (tertiary/aromatic N) is 5. The predicted molar refractivity (Wildman–Crippen MR) is 123 cm³/mol. The van der Waals surface area contributed by atoms with Crippen LogP contribution in [0.3, 0.4) is 0 Å². The minimum atomic E-state index is -0.146. The quantitative estimate of drug-likeness (QED) is 0.637. The zero-order valence-electron chi connectivity index (χ0n) is 18.6. The summed E-state index contributed by atoms with van der Waals surface area (Å²) in [6.07, 6.45) is 4.68. The van der Waals surface area contributed by atoms with Gasteiger partial charge in [0.1, 0.15) is 5.82 Å². The molecule has 2 saturated heterocycles. The first-order chi connectivity index (χ1) is 15.5. The second-order valence-electron chi connectivity index (χ2n) is 8.95.